The number of nitro benzene ring substituents is 1. The predicted octanol–water partition coefficient (Wildman–Crippen LogP) is 4.43. The van der Waals surface area contributed by atoms with Crippen LogP contribution in [0.15, 0.2) is 48.5 Å². The van der Waals surface area contributed by atoms with Crippen LogP contribution < -0.4 is 5.32 Å². The molecule has 5 rings (SSSR count). The van der Waals surface area contributed by atoms with E-state index in [-0.39, 0.29) is 16.8 Å². The first-order valence-electron chi connectivity index (χ1n) is 8.33. The minimum Gasteiger partial charge on any atom is -0.354 e. The average molecular weight is 392 g/mol. The SMILES string of the molecule is O=C1NC(=O)c2c1c(-c1ccccc1Cl)cc1[nH]c3ccc([N+](=O)[O-])cc3c21. The van der Waals surface area contributed by atoms with E-state index in [0.29, 0.717) is 38.0 Å². The highest BCUT2D eigenvalue weighted by Crippen LogP contribution is 2.41. The molecule has 4 aromatic rings. The third kappa shape index (κ3) is 2.17. The lowest BCUT2D eigenvalue weighted by Gasteiger charge is -2.09. The van der Waals surface area contributed by atoms with Gasteiger partial charge in [-0.1, -0.05) is 29.8 Å². The molecule has 0 atom stereocenters. The fourth-order valence-corrected chi connectivity index (χ4v) is 3.99. The van der Waals surface area contributed by atoms with Gasteiger partial charge >= 0.3 is 0 Å². The fraction of sp³-hybridized carbons (Fsp3) is 0. The van der Waals surface area contributed by atoms with E-state index in [1.165, 1.54) is 12.1 Å². The lowest BCUT2D eigenvalue weighted by molar-refractivity contribution is -0.384. The van der Waals surface area contributed by atoms with Gasteiger partial charge in [0.15, 0.2) is 0 Å². The van der Waals surface area contributed by atoms with Crippen LogP contribution in [-0.4, -0.2) is 21.7 Å². The monoisotopic (exact) mass is 391 g/mol. The molecule has 0 unspecified atom stereocenters. The molecule has 0 spiro atoms. The number of hydrogen-bond donors (Lipinski definition) is 2. The molecule has 8 heteroatoms. The number of benzene rings is 3. The molecule has 7 nitrogen and oxygen atoms in total. The third-order valence-electron chi connectivity index (χ3n) is 4.93. The molecule has 3 aromatic carbocycles. The Labute approximate surface area is 162 Å². The van der Waals surface area contributed by atoms with Crippen LogP contribution in [0.5, 0.6) is 0 Å². The van der Waals surface area contributed by atoms with Crippen LogP contribution in [0.25, 0.3) is 32.9 Å². The van der Waals surface area contributed by atoms with E-state index in [0.717, 1.165) is 0 Å². The molecule has 2 heterocycles. The summed E-state index contributed by atoms with van der Waals surface area (Å²) < 4.78 is 0. The van der Waals surface area contributed by atoms with Gasteiger partial charge in [-0.15, -0.1) is 0 Å². The lowest BCUT2D eigenvalue weighted by atomic mass is 9.93. The van der Waals surface area contributed by atoms with Crippen LogP contribution in [0.3, 0.4) is 0 Å². The Balaban J connectivity index is 1.96. The number of halogens is 1. The van der Waals surface area contributed by atoms with Crippen molar-refractivity contribution in [2.24, 2.45) is 0 Å². The standard InChI is InChI=1S/C20H10ClN3O4/c21-13-4-2-1-3-10(13)11-8-15-16(18-17(11)19(25)23-20(18)26)12-7-9(24(27)28)5-6-14(12)22-15/h1-8,22H,(H,23,25,26). The van der Waals surface area contributed by atoms with Gasteiger partial charge in [-0.25, -0.2) is 0 Å². The summed E-state index contributed by atoms with van der Waals surface area (Å²) in [6.45, 7) is 0. The first-order valence-corrected chi connectivity index (χ1v) is 8.71. The number of aromatic nitrogens is 1. The highest BCUT2D eigenvalue weighted by atomic mass is 35.5. The molecular weight excluding hydrogens is 382 g/mol. The summed E-state index contributed by atoms with van der Waals surface area (Å²) in [6, 6.07) is 13.2. The number of imide groups is 1. The van der Waals surface area contributed by atoms with Crippen LogP contribution in [0.1, 0.15) is 20.7 Å². The van der Waals surface area contributed by atoms with Crippen molar-refractivity contribution in [3.63, 3.8) is 0 Å². The van der Waals surface area contributed by atoms with Gasteiger partial charge in [-0.2, -0.15) is 0 Å². The topological polar surface area (TPSA) is 105 Å². The Hall–Kier alpha value is -3.71. The number of rotatable bonds is 2. The second-order valence-electron chi connectivity index (χ2n) is 6.47. The highest BCUT2D eigenvalue weighted by Gasteiger charge is 2.34. The minimum absolute atomic E-state index is 0.0953. The van der Waals surface area contributed by atoms with E-state index in [1.807, 2.05) is 0 Å². The van der Waals surface area contributed by atoms with Gasteiger partial charge in [0.1, 0.15) is 0 Å². The van der Waals surface area contributed by atoms with E-state index < -0.39 is 16.7 Å². The number of carbonyl (C=O) groups is 2. The number of fused-ring (bicyclic) bond motifs is 5. The van der Waals surface area contributed by atoms with Crippen molar-refractivity contribution in [2.75, 3.05) is 0 Å². The number of carbonyl (C=O) groups excluding carboxylic acids is 2. The highest BCUT2D eigenvalue weighted by molar-refractivity contribution is 6.36. The summed E-state index contributed by atoms with van der Waals surface area (Å²) in [6.07, 6.45) is 0. The maximum absolute atomic E-state index is 12.6. The number of nitrogens with one attached hydrogen (secondary N) is 2. The van der Waals surface area contributed by atoms with Gasteiger partial charge in [0.2, 0.25) is 0 Å². The molecule has 0 radical (unpaired) electrons. The van der Waals surface area contributed by atoms with E-state index in [4.69, 9.17) is 11.6 Å². The van der Waals surface area contributed by atoms with Gasteiger partial charge in [0.25, 0.3) is 17.5 Å². The molecule has 0 bridgehead atoms. The van der Waals surface area contributed by atoms with Crippen molar-refractivity contribution in [3.8, 4) is 11.1 Å². The summed E-state index contributed by atoms with van der Waals surface area (Å²) in [5.74, 6) is -1.05. The fourth-order valence-electron chi connectivity index (χ4n) is 3.75. The van der Waals surface area contributed by atoms with Crippen LogP contribution >= 0.6 is 11.6 Å². The van der Waals surface area contributed by atoms with E-state index >= 15 is 0 Å². The van der Waals surface area contributed by atoms with Gasteiger partial charge < -0.3 is 4.98 Å². The van der Waals surface area contributed by atoms with Crippen molar-refractivity contribution in [3.05, 3.63) is 74.8 Å². The van der Waals surface area contributed by atoms with Crippen LogP contribution in [0, 0.1) is 10.1 Å². The smallest absolute Gasteiger partial charge is 0.270 e. The van der Waals surface area contributed by atoms with Gasteiger partial charge in [0, 0.05) is 44.5 Å². The number of H-pyrrole nitrogens is 1. The van der Waals surface area contributed by atoms with Crippen molar-refractivity contribution >= 4 is 50.9 Å². The Morgan fingerprint density at radius 3 is 2.39 bits per heavy atom. The van der Waals surface area contributed by atoms with Gasteiger partial charge in [-0.05, 0) is 23.8 Å². The largest absolute Gasteiger partial charge is 0.354 e. The Kier molecular flexibility index (Phi) is 3.32. The summed E-state index contributed by atoms with van der Waals surface area (Å²) in [7, 11) is 0. The maximum atomic E-state index is 12.6. The molecule has 2 N–H and O–H groups in total. The third-order valence-corrected chi connectivity index (χ3v) is 5.25. The van der Waals surface area contributed by atoms with Crippen molar-refractivity contribution in [1.82, 2.24) is 10.3 Å². The first-order chi connectivity index (χ1) is 13.5. The molecule has 136 valence electrons. The Bertz CT molecular complexity index is 1370. The molecule has 1 aliphatic heterocycles. The van der Waals surface area contributed by atoms with Crippen LogP contribution in [-0.2, 0) is 0 Å². The number of non-ortho nitro benzene ring substituents is 1. The summed E-state index contributed by atoms with van der Waals surface area (Å²) in [4.78, 5) is 39.0. The molecular formula is C20H10ClN3O4. The van der Waals surface area contributed by atoms with E-state index in [9.17, 15) is 19.7 Å². The molecule has 0 saturated heterocycles. The Morgan fingerprint density at radius 2 is 1.64 bits per heavy atom. The van der Waals surface area contributed by atoms with E-state index in [1.54, 1.807) is 36.4 Å². The van der Waals surface area contributed by atoms with Gasteiger partial charge in [-0.3, -0.25) is 25.0 Å². The van der Waals surface area contributed by atoms with Gasteiger partial charge in [0.05, 0.1) is 16.1 Å². The maximum Gasteiger partial charge on any atom is 0.270 e. The van der Waals surface area contributed by atoms with Crippen LogP contribution in [0.2, 0.25) is 5.02 Å². The van der Waals surface area contributed by atoms with Crippen molar-refractivity contribution in [2.45, 2.75) is 0 Å². The second kappa shape index (κ2) is 5.64. The number of aromatic amines is 1. The summed E-state index contributed by atoms with van der Waals surface area (Å²) in [5.41, 5.74) is 2.69. The summed E-state index contributed by atoms with van der Waals surface area (Å²) in [5, 5.41) is 14.9. The number of amides is 2. The molecule has 2 amide bonds. The second-order valence-corrected chi connectivity index (χ2v) is 6.88. The number of nitrogens with zero attached hydrogens (tertiary/aromatic N) is 1. The summed E-state index contributed by atoms with van der Waals surface area (Å²) >= 11 is 6.33. The first kappa shape index (κ1) is 16.5. The van der Waals surface area contributed by atoms with Crippen molar-refractivity contribution < 1.29 is 14.5 Å². The average Bonchev–Trinajstić information content (AvgIpc) is 3.17. The number of nitro groups is 1. The predicted molar refractivity (Wildman–Crippen MR) is 105 cm³/mol. The number of hydrogen-bond acceptors (Lipinski definition) is 4. The minimum atomic E-state index is -0.536. The lowest BCUT2D eigenvalue weighted by Crippen LogP contribution is -2.20. The normalized spacial score (nSPS) is 13.2. The molecule has 0 saturated carbocycles. The molecule has 1 aliphatic rings. The Morgan fingerprint density at radius 1 is 0.893 bits per heavy atom. The zero-order chi connectivity index (χ0) is 19.6. The zero-order valence-corrected chi connectivity index (χ0v) is 14.8. The molecule has 0 fully saturated rings. The molecule has 1 aromatic heterocycles. The van der Waals surface area contributed by atoms with Crippen LogP contribution in [0.4, 0.5) is 5.69 Å². The van der Waals surface area contributed by atoms with E-state index in [2.05, 4.69) is 10.3 Å². The quantitative estimate of drug-likeness (QED) is 0.299. The molecule has 0 aliphatic carbocycles. The van der Waals surface area contributed by atoms with Crippen molar-refractivity contribution in [1.29, 1.82) is 0 Å². The molecule has 28 heavy (non-hydrogen) atoms. The zero-order valence-electron chi connectivity index (χ0n) is 14.1.